The van der Waals surface area contributed by atoms with Crippen LogP contribution >= 0.6 is 0 Å². The largest absolute Gasteiger partial charge is 0.489 e. The first-order valence-electron chi connectivity index (χ1n) is 13.4. The van der Waals surface area contributed by atoms with Crippen LogP contribution < -0.4 is 10.1 Å². The maximum Gasteiger partial charge on any atom is 0.433 e. The van der Waals surface area contributed by atoms with Crippen molar-refractivity contribution in [2.75, 3.05) is 13.1 Å². The van der Waals surface area contributed by atoms with Crippen LogP contribution in [0.5, 0.6) is 5.75 Å². The van der Waals surface area contributed by atoms with Gasteiger partial charge in [0.1, 0.15) is 23.6 Å². The minimum atomic E-state index is -4.46. The minimum Gasteiger partial charge on any atom is -0.489 e. The number of alkyl halides is 3. The Bertz CT molecular complexity index is 1310. The van der Waals surface area contributed by atoms with Crippen LogP contribution in [0.25, 0.3) is 0 Å². The molecule has 1 aromatic carbocycles. The molecule has 11 heteroatoms. The van der Waals surface area contributed by atoms with E-state index in [4.69, 9.17) is 4.74 Å². The van der Waals surface area contributed by atoms with Gasteiger partial charge in [0.2, 0.25) is 11.8 Å². The van der Waals surface area contributed by atoms with Crippen LogP contribution in [0.3, 0.4) is 0 Å². The average Bonchev–Trinajstić information content (AvgIpc) is 3.19. The van der Waals surface area contributed by atoms with E-state index < -0.39 is 23.8 Å². The molecule has 1 N–H and O–H groups in total. The number of hydrogen-bond donors (Lipinski definition) is 1. The number of nitrogens with one attached hydrogen (secondary N) is 1. The highest BCUT2D eigenvalue weighted by atomic mass is 19.4. The Labute approximate surface area is 223 Å². The molecule has 6 rings (SSSR count). The van der Waals surface area contributed by atoms with Gasteiger partial charge < -0.3 is 9.64 Å². The number of carbonyl (C=O) groups is 3. The fourth-order valence-electron chi connectivity index (χ4n) is 6.28. The van der Waals surface area contributed by atoms with E-state index in [0.29, 0.717) is 36.4 Å². The molecule has 1 aromatic heterocycles. The highest BCUT2D eigenvalue weighted by Crippen LogP contribution is 2.38. The minimum absolute atomic E-state index is 0.0287. The van der Waals surface area contributed by atoms with Gasteiger partial charge in [0.25, 0.3) is 5.91 Å². The van der Waals surface area contributed by atoms with Gasteiger partial charge in [-0.05, 0) is 67.1 Å². The van der Waals surface area contributed by atoms with Gasteiger partial charge in [0.15, 0.2) is 0 Å². The van der Waals surface area contributed by atoms with E-state index in [1.54, 1.807) is 18.2 Å². The molecule has 0 bridgehead atoms. The van der Waals surface area contributed by atoms with Crippen molar-refractivity contribution >= 4 is 17.7 Å². The Balaban J connectivity index is 1.11. The molecule has 4 heterocycles. The van der Waals surface area contributed by atoms with Crippen LogP contribution in [0.1, 0.15) is 71.6 Å². The average molecular weight is 543 g/mol. The number of carbonyl (C=O) groups excluding carboxylic acids is 3. The molecule has 3 amide bonds. The Hall–Kier alpha value is -3.47. The molecule has 2 aromatic rings. The van der Waals surface area contributed by atoms with Gasteiger partial charge in [-0.1, -0.05) is 6.42 Å². The lowest BCUT2D eigenvalue weighted by atomic mass is 9.84. The number of likely N-dealkylation sites (tertiary alicyclic amines) is 1. The van der Waals surface area contributed by atoms with Crippen molar-refractivity contribution in [1.82, 2.24) is 20.1 Å². The summed E-state index contributed by atoms with van der Waals surface area (Å²) in [5.74, 6) is -0.301. The van der Waals surface area contributed by atoms with E-state index in [9.17, 15) is 27.6 Å². The first-order valence-corrected chi connectivity index (χ1v) is 13.4. The second-order valence-electron chi connectivity index (χ2n) is 10.9. The second kappa shape index (κ2) is 9.93. The number of benzene rings is 1. The molecule has 1 saturated carbocycles. The van der Waals surface area contributed by atoms with Crippen molar-refractivity contribution in [2.24, 2.45) is 0 Å². The monoisotopic (exact) mass is 542 g/mol. The number of imide groups is 1. The van der Waals surface area contributed by atoms with Gasteiger partial charge in [0.05, 0.1) is 0 Å². The molecule has 2 saturated heterocycles. The van der Waals surface area contributed by atoms with Crippen molar-refractivity contribution in [3.8, 4) is 5.75 Å². The van der Waals surface area contributed by atoms with Crippen molar-refractivity contribution in [1.29, 1.82) is 0 Å². The molecule has 39 heavy (non-hydrogen) atoms. The zero-order valence-electron chi connectivity index (χ0n) is 21.2. The summed E-state index contributed by atoms with van der Waals surface area (Å²) in [4.78, 5) is 44.1. The van der Waals surface area contributed by atoms with Gasteiger partial charge in [-0.25, -0.2) is 0 Å². The number of pyridine rings is 1. The van der Waals surface area contributed by atoms with E-state index in [1.165, 1.54) is 11.1 Å². The topological polar surface area (TPSA) is 91.8 Å². The van der Waals surface area contributed by atoms with Crippen LogP contribution in [0.15, 0.2) is 36.5 Å². The van der Waals surface area contributed by atoms with Crippen LogP contribution in [0, 0.1) is 0 Å². The van der Waals surface area contributed by atoms with Crippen LogP contribution in [0.2, 0.25) is 0 Å². The van der Waals surface area contributed by atoms with Gasteiger partial charge >= 0.3 is 6.18 Å². The Kier molecular flexibility index (Phi) is 6.57. The normalized spacial score (nSPS) is 26.3. The SMILES string of the molecule is O=C1CCC(N2Cc3cc(O[C@@H]4CCCC[C@H]4N4CC(c5ccnc(C(F)(F)F)c5)C4)ccc3C2=O)C(=O)N1. The van der Waals surface area contributed by atoms with E-state index >= 15 is 0 Å². The molecular formula is C28H29F3N4O4. The standard InChI is InChI=1S/C28H29F3N4O4/c29-28(30,31)24-12-16(9-10-32-24)18-13-34(14-18)21-3-1-2-4-23(21)39-19-5-6-20-17(11-19)15-35(27(20)38)22-7-8-25(36)33-26(22)37/h5-6,9-12,18,21-23H,1-4,7-8,13-15H2,(H,33,36,37)/t21-,22?,23-/m1/s1. The van der Waals surface area contributed by atoms with Crippen molar-refractivity contribution in [3.05, 3.63) is 58.9 Å². The first kappa shape index (κ1) is 25.8. The summed E-state index contributed by atoms with van der Waals surface area (Å²) >= 11 is 0. The molecule has 206 valence electrons. The fraction of sp³-hybridized carbons (Fsp3) is 0.500. The lowest BCUT2D eigenvalue weighted by Gasteiger charge is -2.48. The van der Waals surface area contributed by atoms with E-state index in [-0.39, 0.29) is 42.8 Å². The molecule has 8 nitrogen and oxygen atoms in total. The number of halogens is 3. The number of fused-ring (bicyclic) bond motifs is 1. The van der Waals surface area contributed by atoms with Crippen molar-refractivity contribution in [2.45, 2.75) is 75.4 Å². The van der Waals surface area contributed by atoms with Gasteiger partial charge in [-0.15, -0.1) is 0 Å². The third kappa shape index (κ3) is 4.99. The van der Waals surface area contributed by atoms with Gasteiger partial charge in [-0.3, -0.25) is 29.6 Å². The molecule has 3 aliphatic heterocycles. The summed E-state index contributed by atoms with van der Waals surface area (Å²) in [6.45, 7) is 1.63. The first-order chi connectivity index (χ1) is 18.7. The molecule has 1 unspecified atom stereocenters. The lowest BCUT2D eigenvalue weighted by Crippen LogP contribution is -2.57. The molecule has 1 aliphatic carbocycles. The third-order valence-corrected chi connectivity index (χ3v) is 8.37. The zero-order chi connectivity index (χ0) is 27.3. The predicted octanol–water partition coefficient (Wildman–Crippen LogP) is 3.65. The summed E-state index contributed by atoms with van der Waals surface area (Å²) in [5, 5.41) is 2.31. The third-order valence-electron chi connectivity index (χ3n) is 8.37. The predicted molar refractivity (Wildman–Crippen MR) is 133 cm³/mol. The number of nitrogens with zero attached hydrogens (tertiary/aromatic N) is 3. The van der Waals surface area contributed by atoms with Crippen LogP contribution in [0.4, 0.5) is 13.2 Å². The Morgan fingerprint density at radius 2 is 1.79 bits per heavy atom. The molecule has 3 atom stereocenters. The quantitative estimate of drug-likeness (QED) is 0.580. The number of piperidine rings is 1. The zero-order valence-corrected chi connectivity index (χ0v) is 21.2. The maximum absolute atomic E-state index is 13.1. The number of ether oxygens (including phenoxy) is 1. The van der Waals surface area contributed by atoms with E-state index in [2.05, 4.69) is 15.2 Å². The summed E-state index contributed by atoms with van der Waals surface area (Å²) < 4.78 is 45.7. The molecule has 4 aliphatic rings. The Morgan fingerprint density at radius 1 is 1.00 bits per heavy atom. The maximum atomic E-state index is 13.1. The second-order valence-corrected chi connectivity index (χ2v) is 10.9. The number of amides is 3. The fourth-order valence-corrected chi connectivity index (χ4v) is 6.28. The molecule has 0 radical (unpaired) electrons. The summed E-state index contributed by atoms with van der Waals surface area (Å²) in [5.41, 5.74) is 1.12. The van der Waals surface area contributed by atoms with Crippen LogP contribution in [-0.2, 0) is 22.3 Å². The number of rotatable bonds is 5. The highest BCUT2D eigenvalue weighted by Gasteiger charge is 2.42. The summed E-state index contributed by atoms with van der Waals surface area (Å²) in [7, 11) is 0. The molecule has 0 spiro atoms. The number of hydrogen-bond acceptors (Lipinski definition) is 6. The highest BCUT2D eigenvalue weighted by molar-refractivity contribution is 6.05. The lowest BCUT2D eigenvalue weighted by molar-refractivity contribution is -0.141. The molecular weight excluding hydrogens is 513 g/mol. The van der Waals surface area contributed by atoms with Crippen LogP contribution in [-0.4, -0.2) is 63.8 Å². The van der Waals surface area contributed by atoms with E-state index in [1.807, 2.05) is 6.07 Å². The number of aromatic nitrogens is 1. The Morgan fingerprint density at radius 3 is 2.56 bits per heavy atom. The smallest absolute Gasteiger partial charge is 0.433 e. The van der Waals surface area contributed by atoms with E-state index in [0.717, 1.165) is 37.3 Å². The van der Waals surface area contributed by atoms with Gasteiger partial charge in [-0.2, -0.15) is 13.2 Å². The summed E-state index contributed by atoms with van der Waals surface area (Å²) in [6.07, 6.45) is 1.15. The molecule has 3 fully saturated rings. The van der Waals surface area contributed by atoms with Crippen molar-refractivity contribution < 1.29 is 32.3 Å². The van der Waals surface area contributed by atoms with Crippen molar-refractivity contribution in [3.63, 3.8) is 0 Å². The summed E-state index contributed by atoms with van der Waals surface area (Å²) in [6, 6.07) is 7.69. The van der Waals surface area contributed by atoms with Gasteiger partial charge in [0, 0.05) is 49.8 Å².